The fraction of sp³-hybridized carbons (Fsp3) is 0.474. The predicted octanol–water partition coefficient (Wildman–Crippen LogP) is 3.30. The highest BCUT2D eigenvalue weighted by Gasteiger charge is 2.40. The average molecular weight is 346 g/mol. The van der Waals surface area contributed by atoms with E-state index in [2.05, 4.69) is 24.1 Å². The number of urea groups is 1. The lowest BCUT2D eigenvalue weighted by atomic mass is 9.88. The van der Waals surface area contributed by atoms with Crippen molar-refractivity contribution in [3.63, 3.8) is 0 Å². The summed E-state index contributed by atoms with van der Waals surface area (Å²) in [6, 6.07) is 6.38. The van der Waals surface area contributed by atoms with E-state index in [0.717, 1.165) is 24.8 Å². The van der Waals surface area contributed by atoms with Crippen LogP contribution in [0.1, 0.15) is 44.7 Å². The predicted molar refractivity (Wildman–Crippen MR) is 95.1 cm³/mol. The standard InChI is InChI=1S/C19H26N2O4/c1-4-6-9-12-25-18(22)16-13(3)20-19(23)21-17(16)14-10-7-8-11-15(14)24-5-2/h7-8,10-11,16-17H,3-6,9,12H2,1-2H3,(H2,20,21,23)/t16-,17+/m0/s1. The number of para-hydroxylation sites is 1. The van der Waals surface area contributed by atoms with E-state index in [-0.39, 0.29) is 0 Å². The van der Waals surface area contributed by atoms with Crippen molar-refractivity contribution in [1.29, 1.82) is 0 Å². The highest BCUT2D eigenvalue weighted by atomic mass is 16.5. The lowest BCUT2D eigenvalue weighted by Gasteiger charge is -2.34. The Bertz CT molecular complexity index is 630. The second-order valence-corrected chi connectivity index (χ2v) is 5.92. The highest BCUT2D eigenvalue weighted by molar-refractivity contribution is 5.85. The third-order valence-corrected chi connectivity index (χ3v) is 4.07. The molecule has 1 aliphatic heterocycles. The molecular formula is C19H26N2O4. The number of amides is 2. The molecule has 1 heterocycles. The minimum absolute atomic E-state index is 0.334. The van der Waals surface area contributed by atoms with Gasteiger partial charge in [0.25, 0.3) is 0 Å². The van der Waals surface area contributed by atoms with Gasteiger partial charge in [-0.05, 0) is 19.4 Å². The molecule has 2 atom stereocenters. The Kier molecular flexibility index (Phi) is 6.86. The van der Waals surface area contributed by atoms with E-state index in [0.29, 0.717) is 24.7 Å². The summed E-state index contributed by atoms with van der Waals surface area (Å²) in [5, 5.41) is 5.38. The molecule has 6 nitrogen and oxygen atoms in total. The van der Waals surface area contributed by atoms with Crippen LogP contribution in [0.3, 0.4) is 0 Å². The van der Waals surface area contributed by atoms with Crippen LogP contribution in [0.5, 0.6) is 5.75 Å². The molecule has 6 heteroatoms. The second kappa shape index (κ2) is 9.11. The van der Waals surface area contributed by atoms with Crippen LogP contribution >= 0.6 is 0 Å². The summed E-state index contributed by atoms with van der Waals surface area (Å²) in [5.41, 5.74) is 1.07. The fourth-order valence-corrected chi connectivity index (χ4v) is 2.86. The van der Waals surface area contributed by atoms with Crippen molar-refractivity contribution in [1.82, 2.24) is 10.6 Å². The van der Waals surface area contributed by atoms with Crippen molar-refractivity contribution in [3.05, 3.63) is 42.1 Å². The van der Waals surface area contributed by atoms with Gasteiger partial charge in [0.15, 0.2) is 0 Å². The number of benzene rings is 1. The molecule has 2 rings (SSSR count). The number of esters is 1. The first-order valence-corrected chi connectivity index (χ1v) is 8.73. The van der Waals surface area contributed by atoms with Crippen molar-refractivity contribution in [3.8, 4) is 5.75 Å². The molecule has 0 unspecified atom stereocenters. The minimum atomic E-state index is -0.707. The van der Waals surface area contributed by atoms with Crippen LogP contribution in [-0.2, 0) is 9.53 Å². The van der Waals surface area contributed by atoms with Crippen LogP contribution in [0.2, 0.25) is 0 Å². The fourth-order valence-electron chi connectivity index (χ4n) is 2.86. The molecule has 0 bridgehead atoms. The molecule has 0 radical (unpaired) electrons. The Hall–Kier alpha value is -2.50. The van der Waals surface area contributed by atoms with Crippen LogP contribution in [0, 0.1) is 5.92 Å². The molecule has 1 aliphatic rings. The van der Waals surface area contributed by atoms with E-state index in [1.54, 1.807) is 0 Å². The Morgan fingerprint density at radius 2 is 2.00 bits per heavy atom. The van der Waals surface area contributed by atoms with E-state index in [1.165, 1.54) is 0 Å². The molecule has 0 aliphatic carbocycles. The summed E-state index contributed by atoms with van der Waals surface area (Å²) >= 11 is 0. The van der Waals surface area contributed by atoms with Gasteiger partial charge in [0.2, 0.25) is 0 Å². The number of carbonyl (C=O) groups excluding carboxylic acids is 2. The summed E-state index contributed by atoms with van der Waals surface area (Å²) in [6.07, 6.45) is 2.88. The SMILES string of the molecule is C=C1NC(=O)N[C@H](c2ccccc2OCC)[C@H]1C(=O)OCCCCC. The van der Waals surface area contributed by atoms with Crippen LogP contribution in [0.15, 0.2) is 36.5 Å². The summed E-state index contributed by atoms with van der Waals surface area (Å²) in [6.45, 7) is 8.68. The van der Waals surface area contributed by atoms with Crippen LogP contribution in [0.4, 0.5) is 4.79 Å². The van der Waals surface area contributed by atoms with E-state index >= 15 is 0 Å². The smallest absolute Gasteiger partial charge is 0.319 e. The van der Waals surface area contributed by atoms with Gasteiger partial charge < -0.3 is 20.1 Å². The first kappa shape index (κ1) is 18.8. The third-order valence-electron chi connectivity index (χ3n) is 4.07. The van der Waals surface area contributed by atoms with Crippen LogP contribution < -0.4 is 15.4 Å². The summed E-state index contributed by atoms with van der Waals surface area (Å²) in [5.74, 6) is -0.473. The zero-order chi connectivity index (χ0) is 18.2. The maximum absolute atomic E-state index is 12.6. The van der Waals surface area contributed by atoms with E-state index in [1.807, 2.05) is 31.2 Å². The number of ether oxygens (including phenoxy) is 2. The average Bonchev–Trinajstić information content (AvgIpc) is 2.58. The normalized spacial score (nSPS) is 19.8. The molecule has 1 aromatic rings. The van der Waals surface area contributed by atoms with Crippen molar-refractivity contribution >= 4 is 12.0 Å². The van der Waals surface area contributed by atoms with Crippen LogP contribution in [0.25, 0.3) is 0 Å². The number of nitrogens with one attached hydrogen (secondary N) is 2. The Morgan fingerprint density at radius 3 is 2.72 bits per heavy atom. The van der Waals surface area contributed by atoms with Gasteiger partial charge in [0.1, 0.15) is 11.7 Å². The lowest BCUT2D eigenvalue weighted by molar-refractivity contribution is -0.148. The summed E-state index contributed by atoms with van der Waals surface area (Å²) < 4.78 is 11.1. The quantitative estimate of drug-likeness (QED) is 0.559. The second-order valence-electron chi connectivity index (χ2n) is 5.92. The summed E-state index contributed by atoms with van der Waals surface area (Å²) in [4.78, 5) is 24.5. The number of carbonyl (C=O) groups is 2. The molecule has 2 N–H and O–H groups in total. The third kappa shape index (κ3) is 4.75. The summed E-state index contributed by atoms with van der Waals surface area (Å²) in [7, 11) is 0. The molecule has 1 aromatic carbocycles. The molecule has 136 valence electrons. The van der Waals surface area contributed by atoms with Gasteiger partial charge in [0.05, 0.1) is 19.3 Å². The zero-order valence-electron chi connectivity index (χ0n) is 14.8. The topological polar surface area (TPSA) is 76.7 Å². The van der Waals surface area contributed by atoms with E-state index < -0.39 is 24.0 Å². The van der Waals surface area contributed by atoms with Gasteiger partial charge in [-0.3, -0.25) is 4.79 Å². The van der Waals surface area contributed by atoms with Gasteiger partial charge >= 0.3 is 12.0 Å². The largest absolute Gasteiger partial charge is 0.494 e. The van der Waals surface area contributed by atoms with Gasteiger partial charge in [-0.15, -0.1) is 0 Å². The van der Waals surface area contributed by atoms with Crippen molar-refractivity contribution in [2.75, 3.05) is 13.2 Å². The zero-order valence-corrected chi connectivity index (χ0v) is 14.8. The first-order chi connectivity index (χ1) is 12.1. The van der Waals surface area contributed by atoms with Crippen molar-refractivity contribution < 1.29 is 19.1 Å². The molecule has 2 amide bonds. The maximum atomic E-state index is 12.6. The monoisotopic (exact) mass is 346 g/mol. The molecule has 0 saturated carbocycles. The Morgan fingerprint density at radius 1 is 1.24 bits per heavy atom. The number of hydrogen-bond acceptors (Lipinski definition) is 4. The number of hydrogen-bond donors (Lipinski definition) is 2. The van der Waals surface area contributed by atoms with Gasteiger partial charge in [-0.1, -0.05) is 44.5 Å². The van der Waals surface area contributed by atoms with Gasteiger partial charge in [-0.2, -0.15) is 0 Å². The first-order valence-electron chi connectivity index (χ1n) is 8.73. The Labute approximate surface area is 148 Å². The molecule has 1 saturated heterocycles. The highest BCUT2D eigenvalue weighted by Crippen LogP contribution is 2.35. The maximum Gasteiger partial charge on any atom is 0.319 e. The Balaban J connectivity index is 2.24. The van der Waals surface area contributed by atoms with Crippen molar-refractivity contribution in [2.45, 2.75) is 39.2 Å². The molecule has 25 heavy (non-hydrogen) atoms. The van der Waals surface area contributed by atoms with E-state index in [4.69, 9.17) is 9.47 Å². The van der Waals surface area contributed by atoms with Crippen molar-refractivity contribution in [2.24, 2.45) is 5.92 Å². The molecule has 0 spiro atoms. The van der Waals surface area contributed by atoms with Gasteiger partial charge in [-0.25, -0.2) is 4.79 Å². The van der Waals surface area contributed by atoms with E-state index in [9.17, 15) is 9.59 Å². The minimum Gasteiger partial charge on any atom is -0.494 e. The molecule has 0 aromatic heterocycles. The molecule has 1 fully saturated rings. The molecular weight excluding hydrogens is 320 g/mol. The van der Waals surface area contributed by atoms with Crippen LogP contribution in [-0.4, -0.2) is 25.2 Å². The van der Waals surface area contributed by atoms with Gasteiger partial charge in [0, 0.05) is 11.3 Å². The lowest BCUT2D eigenvalue weighted by Crippen LogP contribution is -2.51. The number of unbranched alkanes of at least 4 members (excludes halogenated alkanes) is 2. The number of rotatable bonds is 8.